The number of para-hydroxylation sites is 1. The molecule has 0 bridgehead atoms. The lowest BCUT2D eigenvalue weighted by molar-refractivity contribution is -0.116. The Bertz CT molecular complexity index is 1230. The molecule has 1 aliphatic heterocycles. The van der Waals surface area contributed by atoms with Gasteiger partial charge < -0.3 is 4.90 Å². The smallest absolute Gasteiger partial charge is 0.243 e. The van der Waals surface area contributed by atoms with Gasteiger partial charge in [0.2, 0.25) is 15.9 Å². The number of rotatable bonds is 7. The van der Waals surface area contributed by atoms with Gasteiger partial charge >= 0.3 is 0 Å². The molecule has 4 rings (SSSR count). The van der Waals surface area contributed by atoms with Crippen LogP contribution in [0.25, 0.3) is 0 Å². The highest BCUT2D eigenvalue weighted by Gasteiger charge is 2.32. The van der Waals surface area contributed by atoms with Crippen LogP contribution in [-0.2, 0) is 47.8 Å². The molecule has 1 aromatic heterocycles. The summed E-state index contributed by atoms with van der Waals surface area (Å²) in [6.07, 6.45) is 2.53. The molecule has 0 spiro atoms. The van der Waals surface area contributed by atoms with E-state index in [1.54, 1.807) is 17.0 Å². The normalized spacial score (nSPS) is 14.2. The van der Waals surface area contributed by atoms with Crippen LogP contribution in [0.5, 0.6) is 0 Å². The molecule has 0 saturated carbocycles. The quantitative estimate of drug-likeness (QED) is 0.532. The van der Waals surface area contributed by atoms with Crippen LogP contribution in [0.4, 0.5) is 5.69 Å². The number of hydrogen-bond donors (Lipinski definition) is 0. The van der Waals surface area contributed by atoms with E-state index in [1.807, 2.05) is 54.2 Å². The van der Waals surface area contributed by atoms with Gasteiger partial charge in [0.15, 0.2) is 0 Å². The summed E-state index contributed by atoms with van der Waals surface area (Å²) in [4.78, 5) is 14.4. The molecule has 1 amide bonds. The Morgan fingerprint density at radius 1 is 1.09 bits per heavy atom. The zero-order valence-corrected chi connectivity index (χ0v) is 20.2. The number of benzene rings is 2. The number of sulfonamides is 1. The molecular formula is C25H30N4O3S. The average Bonchev–Trinajstić information content (AvgIpc) is 3.13. The highest BCUT2D eigenvalue weighted by atomic mass is 32.2. The van der Waals surface area contributed by atoms with Gasteiger partial charge in [-0.15, -0.1) is 0 Å². The van der Waals surface area contributed by atoms with Gasteiger partial charge in [-0.25, -0.2) is 8.42 Å². The zero-order valence-electron chi connectivity index (χ0n) is 19.4. The molecule has 2 heterocycles. The van der Waals surface area contributed by atoms with Crippen LogP contribution >= 0.6 is 0 Å². The summed E-state index contributed by atoms with van der Waals surface area (Å²) in [5.74, 6) is -0.0898. The van der Waals surface area contributed by atoms with Crippen molar-refractivity contribution in [3.05, 3.63) is 77.1 Å². The SMILES string of the molecule is CCCc1ccc(S(=O)(=O)N2CCc3c(c(CN(C(C)=O)c4ccccc4)nn3C)C2)cc1. The molecule has 0 N–H and O–H groups in total. The van der Waals surface area contributed by atoms with Crippen LogP contribution in [0.1, 0.15) is 42.8 Å². The number of aryl methyl sites for hydroxylation is 2. The minimum atomic E-state index is -3.63. The number of aromatic nitrogens is 2. The molecule has 2 aromatic carbocycles. The van der Waals surface area contributed by atoms with Crippen molar-refractivity contribution in [1.29, 1.82) is 0 Å². The summed E-state index contributed by atoms with van der Waals surface area (Å²) >= 11 is 0. The van der Waals surface area contributed by atoms with Crippen molar-refractivity contribution in [2.24, 2.45) is 7.05 Å². The Balaban J connectivity index is 1.61. The second kappa shape index (κ2) is 9.49. The Morgan fingerprint density at radius 3 is 2.42 bits per heavy atom. The third-order valence-corrected chi connectivity index (χ3v) is 8.01. The van der Waals surface area contributed by atoms with Crippen molar-refractivity contribution in [3.63, 3.8) is 0 Å². The molecule has 0 saturated heterocycles. The topological polar surface area (TPSA) is 75.5 Å². The number of anilines is 1. The Kier molecular flexibility index (Phi) is 6.67. The molecule has 8 heteroatoms. The van der Waals surface area contributed by atoms with E-state index in [9.17, 15) is 13.2 Å². The maximum Gasteiger partial charge on any atom is 0.243 e. The molecule has 0 radical (unpaired) electrons. The monoisotopic (exact) mass is 466 g/mol. The highest BCUT2D eigenvalue weighted by Crippen LogP contribution is 2.29. The lowest BCUT2D eigenvalue weighted by Crippen LogP contribution is -2.37. The number of amides is 1. The molecular weight excluding hydrogens is 436 g/mol. The van der Waals surface area contributed by atoms with Crippen LogP contribution in [0.2, 0.25) is 0 Å². The fourth-order valence-corrected chi connectivity index (χ4v) is 5.79. The summed E-state index contributed by atoms with van der Waals surface area (Å²) in [6.45, 7) is 4.58. The van der Waals surface area contributed by atoms with Gasteiger partial charge in [0.25, 0.3) is 0 Å². The first kappa shape index (κ1) is 23.2. The van der Waals surface area contributed by atoms with Gasteiger partial charge in [0.1, 0.15) is 0 Å². The van der Waals surface area contributed by atoms with Crippen LogP contribution < -0.4 is 4.90 Å². The van der Waals surface area contributed by atoms with E-state index in [2.05, 4.69) is 12.0 Å². The minimum absolute atomic E-state index is 0.0898. The summed E-state index contributed by atoms with van der Waals surface area (Å²) in [5, 5.41) is 4.66. The van der Waals surface area contributed by atoms with E-state index in [-0.39, 0.29) is 12.5 Å². The van der Waals surface area contributed by atoms with Crippen LogP contribution in [0.3, 0.4) is 0 Å². The number of fused-ring (bicyclic) bond motifs is 1. The molecule has 3 aromatic rings. The fraction of sp³-hybridized carbons (Fsp3) is 0.360. The summed E-state index contributed by atoms with van der Waals surface area (Å²) in [6, 6.07) is 16.6. The summed E-state index contributed by atoms with van der Waals surface area (Å²) < 4.78 is 30.1. The van der Waals surface area contributed by atoms with Gasteiger partial charge in [-0.3, -0.25) is 9.48 Å². The van der Waals surface area contributed by atoms with Gasteiger partial charge in [-0.1, -0.05) is 43.7 Å². The second-order valence-electron chi connectivity index (χ2n) is 8.42. The molecule has 0 aliphatic carbocycles. The maximum absolute atomic E-state index is 13.4. The Morgan fingerprint density at radius 2 is 1.79 bits per heavy atom. The molecule has 0 unspecified atom stereocenters. The van der Waals surface area contributed by atoms with Gasteiger partial charge in [0, 0.05) is 50.4 Å². The van der Waals surface area contributed by atoms with E-state index in [4.69, 9.17) is 0 Å². The van der Waals surface area contributed by atoms with Crippen LogP contribution in [-0.4, -0.2) is 35.0 Å². The standard InChI is InChI=1S/C25H30N4O3S/c1-4-8-20-11-13-22(14-12-20)33(31,32)28-16-15-25-23(17-28)24(26-27(25)3)18-29(19(2)30)21-9-6-5-7-10-21/h5-7,9-14H,4,8,15-18H2,1-3H3. The fourth-order valence-electron chi connectivity index (χ4n) is 4.39. The average molecular weight is 467 g/mol. The van der Waals surface area contributed by atoms with E-state index in [0.29, 0.717) is 24.4 Å². The largest absolute Gasteiger partial charge is 0.307 e. The van der Waals surface area contributed by atoms with Crippen molar-refractivity contribution in [1.82, 2.24) is 14.1 Å². The molecule has 0 fully saturated rings. The van der Waals surface area contributed by atoms with Crippen molar-refractivity contribution >= 4 is 21.6 Å². The first-order chi connectivity index (χ1) is 15.8. The van der Waals surface area contributed by atoms with E-state index in [0.717, 1.165) is 41.0 Å². The number of hydrogen-bond acceptors (Lipinski definition) is 4. The van der Waals surface area contributed by atoms with Crippen LogP contribution in [0, 0.1) is 0 Å². The summed E-state index contributed by atoms with van der Waals surface area (Å²) in [7, 11) is -1.75. The van der Waals surface area contributed by atoms with Gasteiger partial charge in [-0.05, 0) is 36.2 Å². The van der Waals surface area contributed by atoms with E-state index in [1.165, 1.54) is 11.2 Å². The number of carbonyl (C=O) groups excluding carboxylic acids is 1. The number of nitrogens with zero attached hydrogens (tertiary/aromatic N) is 4. The van der Waals surface area contributed by atoms with Crippen molar-refractivity contribution in [2.45, 2.75) is 51.1 Å². The van der Waals surface area contributed by atoms with Gasteiger partial charge in [-0.2, -0.15) is 9.40 Å². The molecule has 174 valence electrons. The maximum atomic E-state index is 13.4. The first-order valence-corrected chi connectivity index (χ1v) is 12.7. The molecule has 7 nitrogen and oxygen atoms in total. The molecule has 0 atom stereocenters. The molecule has 1 aliphatic rings. The lowest BCUT2D eigenvalue weighted by atomic mass is 10.1. The predicted octanol–water partition coefficient (Wildman–Crippen LogP) is 3.67. The zero-order chi connectivity index (χ0) is 23.6. The van der Waals surface area contributed by atoms with Crippen LogP contribution in [0.15, 0.2) is 59.5 Å². The van der Waals surface area contributed by atoms with Crippen molar-refractivity contribution in [3.8, 4) is 0 Å². The van der Waals surface area contributed by atoms with Crippen molar-refractivity contribution < 1.29 is 13.2 Å². The Labute approximate surface area is 195 Å². The summed E-state index contributed by atoms with van der Waals surface area (Å²) in [5.41, 5.74) is 4.56. The second-order valence-corrected chi connectivity index (χ2v) is 10.4. The predicted molar refractivity (Wildman–Crippen MR) is 128 cm³/mol. The van der Waals surface area contributed by atoms with E-state index >= 15 is 0 Å². The van der Waals surface area contributed by atoms with Crippen molar-refractivity contribution in [2.75, 3.05) is 11.4 Å². The first-order valence-electron chi connectivity index (χ1n) is 11.3. The minimum Gasteiger partial charge on any atom is -0.307 e. The highest BCUT2D eigenvalue weighted by molar-refractivity contribution is 7.89. The third-order valence-electron chi connectivity index (χ3n) is 6.15. The number of carbonyl (C=O) groups is 1. The van der Waals surface area contributed by atoms with E-state index < -0.39 is 10.0 Å². The molecule has 33 heavy (non-hydrogen) atoms. The lowest BCUT2D eigenvalue weighted by Gasteiger charge is -2.28. The third kappa shape index (κ3) is 4.72. The van der Waals surface area contributed by atoms with Gasteiger partial charge in [0.05, 0.1) is 17.1 Å². The Hall–Kier alpha value is -2.97.